The average molecular weight is 330 g/mol. The molecule has 0 heterocycles. The quantitative estimate of drug-likeness (QED) is 0.619. The zero-order valence-electron chi connectivity index (χ0n) is 12.7. The number of nitrogens with zero attached hydrogens (tertiary/aromatic N) is 2. The molecule has 0 saturated carbocycles. The fourth-order valence-electron chi connectivity index (χ4n) is 1.96. The fourth-order valence-corrected chi connectivity index (χ4v) is 1.96. The van der Waals surface area contributed by atoms with E-state index in [-0.39, 0.29) is 17.9 Å². The van der Waals surface area contributed by atoms with Crippen molar-refractivity contribution < 1.29 is 14.6 Å². The van der Waals surface area contributed by atoms with Crippen LogP contribution in [0, 0.1) is 27.2 Å². The Kier molecular flexibility index (Phi) is 5.05. The van der Waals surface area contributed by atoms with Crippen molar-refractivity contribution in [3.8, 4) is 0 Å². The molecule has 0 aromatic heterocycles. The third-order valence-electron chi connectivity index (χ3n) is 3.22. The summed E-state index contributed by atoms with van der Waals surface area (Å²) >= 11 is 0. The van der Waals surface area contributed by atoms with Gasteiger partial charge >= 0.3 is 0 Å². The molecule has 0 spiro atoms. The van der Waals surface area contributed by atoms with Crippen LogP contribution in [0.3, 0.4) is 0 Å². The van der Waals surface area contributed by atoms with E-state index in [4.69, 9.17) is 0 Å². The number of rotatable bonds is 6. The summed E-state index contributed by atoms with van der Waals surface area (Å²) in [4.78, 5) is 32.4. The highest BCUT2D eigenvalue weighted by atomic mass is 16.6. The number of anilines is 2. The highest BCUT2D eigenvalue weighted by Gasteiger charge is 2.11. The Morgan fingerprint density at radius 3 is 2.38 bits per heavy atom. The minimum Gasteiger partial charge on any atom is -0.376 e. The van der Waals surface area contributed by atoms with Crippen LogP contribution in [-0.4, -0.2) is 22.3 Å². The van der Waals surface area contributed by atoms with Crippen LogP contribution in [0.1, 0.15) is 5.56 Å². The lowest BCUT2D eigenvalue weighted by Gasteiger charge is -2.09. The Balaban J connectivity index is 2.01. The van der Waals surface area contributed by atoms with E-state index in [0.717, 1.165) is 0 Å². The molecule has 2 N–H and O–H groups in total. The number of carbonyl (C=O) groups is 1. The molecular weight excluding hydrogens is 316 g/mol. The van der Waals surface area contributed by atoms with Crippen LogP contribution in [0.15, 0.2) is 42.5 Å². The summed E-state index contributed by atoms with van der Waals surface area (Å²) < 4.78 is 0. The third kappa shape index (κ3) is 4.26. The summed E-state index contributed by atoms with van der Waals surface area (Å²) in [6, 6.07) is 9.93. The van der Waals surface area contributed by atoms with Gasteiger partial charge in [-0.3, -0.25) is 25.0 Å². The summed E-state index contributed by atoms with van der Waals surface area (Å²) in [6.45, 7) is 1.58. The molecule has 2 aromatic rings. The molecule has 0 aliphatic carbocycles. The van der Waals surface area contributed by atoms with Crippen molar-refractivity contribution in [1.82, 2.24) is 0 Å². The lowest BCUT2D eigenvalue weighted by atomic mass is 10.2. The second kappa shape index (κ2) is 7.18. The van der Waals surface area contributed by atoms with Crippen LogP contribution in [0.4, 0.5) is 22.7 Å². The van der Waals surface area contributed by atoms with Gasteiger partial charge in [0.15, 0.2) is 0 Å². The zero-order chi connectivity index (χ0) is 17.7. The standard InChI is InChI=1S/C15H14N4O5/c1-10-5-6-13(19(23)24)8-14(10)17-15(20)9-16-11-3-2-4-12(7-11)18(21)22/h2-8,16H,9H2,1H3,(H,17,20). The fraction of sp³-hybridized carbons (Fsp3) is 0.133. The van der Waals surface area contributed by atoms with E-state index in [9.17, 15) is 25.0 Å². The second-order valence-corrected chi connectivity index (χ2v) is 4.97. The first-order valence-electron chi connectivity index (χ1n) is 6.90. The maximum absolute atomic E-state index is 12.0. The summed E-state index contributed by atoms with van der Waals surface area (Å²) in [6.07, 6.45) is 0. The van der Waals surface area contributed by atoms with E-state index in [0.29, 0.717) is 16.9 Å². The number of benzene rings is 2. The number of amides is 1. The summed E-state index contributed by atoms with van der Waals surface area (Å²) in [7, 11) is 0. The predicted octanol–water partition coefficient (Wildman–Crippen LogP) is 2.86. The van der Waals surface area contributed by atoms with Crippen molar-refractivity contribution in [1.29, 1.82) is 0 Å². The van der Waals surface area contributed by atoms with Crippen LogP contribution in [-0.2, 0) is 4.79 Å². The molecule has 0 unspecified atom stereocenters. The number of hydrogen-bond acceptors (Lipinski definition) is 6. The molecule has 9 nitrogen and oxygen atoms in total. The van der Waals surface area contributed by atoms with Crippen molar-refractivity contribution >= 4 is 28.7 Å². The molecule has 2 rings (SSSR count). The number of aryl methyl sites for hydroxylation is 1. The minimum absolute atomic E-state index is 0.0880. The Bertz CT molecular complexity index is 806. The number of nitro benzene ring substituents is 2. The molecule has 0 radical (unpaired) electrons. The van der Waals surface area contributed by atoms with Crippen molar-refractivity contribution in [2.45, 2.75) is 6.92 Å². The maximum atomic E-state index is 12.0. The lowest BCUT2D eigenvalue weighted by Crippen LogP contribution is -2.22. The van der Waals surface area contributed by atoms with Gasteiger partial charge in [0.2, 0.25) is 5.91 Å². The highest BCUT2D eigenvalue weighted by Crippen LogP contribution is 2.22. The van der Waals surface area contributed by atoms with E-state index >= 15 is 0 Å². The van der Waals surface area contributed by atoms with Gasteiger partial charge in [0.1, 0.15) is 0 Å². The van der Waals surface area contributed by atoms with Crippen molar-refractivity contribution in [2.24, 2.45) is 0 Å². The summed E-state index contributed by atoms with van der Waals surface area (Å²) in [5.74, 6) is -0.426. The predicted molar refractivity (Wildman–Crippen MR) is 88.0 cm³/mol. The smallest absolute Gasteiger partial charge is 0.271 e. The van der Waals surface area contributed by atoms with Gasteiger partial charge in [0, 0.05) is 30.0 Å². The first-order chi connectivity index (χ1) is 11.4. The molecule has 9 heteroatoms. The first kappa shape index (κ1) is 16.9. The van der Waals surface area contributed by atoms with Crippen LogP contribution in [0.5, 0.6) is 0 Å². The zero-order valence-corrected chi connectivity index (χ0v) is 12.7. The van der Waals surface area contributed by atoms with Crippen LogP contribution in [0.2, 0.25) is 0 Å². The van der Waals surface area contributed by atoms with Gasteiger partial charge < -0.3 is 10.6 Å². The number of carbonyl (C=O) groups excluding carboxylic acids is 1. The Morgan fingerprint density at radius 2 is 1.71 bits per heavy atom. The van der Waals surface area contributed by atoms with Crippen LogP contribution >= 0.6 is 0 Å². The van der Waals surface area contributed by atoms with Crippen LogP contribution in [0.25, 0.3) is 0 Å². The van der Waals surface area contributed by atoms with Gasteiger partial charge in [-0.1, -0.05) is 12.1 Å². The molecule has 0 fully saturated rings. The monoisotopic (exact) mass is 330 g/mol. The number of nitrogens with one attached hydrogen (secondary N) is 2. The summed E-state index contributed by atoms with van der Waals surface area (Å²) in [5, 5.41) is 26.8. The normalized spacial score (nSPS) is 10.0. The molecule has 0 aliphatic rings. The van der Waals surface area contributed by atoms with Gasteiger partial charge in [-0.25, -0.2) is 0 Å². The molecule has 24 heavy (non-hydrogen) atoms. The Morgan fingerprint density at radius 1 is 1.04 bits per heavy atom. The van der Waals surface area contributed by atoms with Crippen molar-refractivity contribution in [3.63, 3.8) is 0 Å². The van der Waals surface area contributed by atoms with E-state index < -0.39 is 15.8 Å². The molecule has 0 aliphatic heterocycles. The molecule has 0 bridgehead atoms. The van der Waals surface area contributed by atoms with Crippen LogP contribution < -0.4 is 10.6 Å². The molecule has 1 amide bonds. The lowest BCUT2D eigenvalue weighted by molar-refractivity contribution is -0.385. The number of nitro groups is 2. The second-order valence-electron chi connectivity index (χ2n) is 4.97. The van der Waals surface area contributed by atoms with E-state index in [1.165, 1.54) is 30.3 Å². The largest absolute Gasteiger partial charge is 0.376 e. The first-order valence-corrected chi connectivity index (χ1v) is 6.90. The summed E-state index contributed by atoms with van der Waals surface area (Å²) in [5.41, 5.74) is 1.24. The number of hydrogen-bond donors (Lipinski definition) is 2. The maximum Gasteiger partial charge on any atom is 0.271 e. The average Bonchev–Trinajstić information content (AvgIpc) is 2.55. The van der Waals surface area contributed by atoms with Gasteiger partial charge in [-0.05, 0) is 18.6 Å². The SMILES string of the molecule is Cc1ccc([N+](=O)[O-])cc1NC(=O)CNc1cccc([N+](=O)[O-])c1. The van der Waals surface area contributed by atoms with Crippen molar-refractivity contribution in [3.05, 3.63) is 68.3 Å². The Labute approximate surface area is 136 Å². The van der Waals surface area contributed by atoms with E-state index in [1.54, 1.807) is 19.1 Å². The van der Waals surface area contributed by atoms with Gasteiger partial charge in [-0.15, -0.1) is 0 Å². The van der Waals surface area contributed by atoms with Gasteiger partial charge in [-0.2, -0.15) is 0 Å². The third-order valence-corrected chi connectivity index (χ3v) is 3.22. The van der Waals surface area contributed by atoms with Gasteiger partial charge in [0.05, 0.1) is 22.1 Å². The van der Waals surface area contributed by atoms with E-state index in [2.05, 4.69) is 10.6 Å². The molecule has 0 saturated heterocycles. The molecule has 124 valence electrons. The Hall–Kier alpha value is -3.49. The van der Waals surface area contributed by atoms with Gasteiger partial charge in [0.25, 0.3) is 11.4 Å². The molecule has 0 atom stereocenters. The van der Waals surface area contributed by atoms with Crippen molar-refractivity contribution in [2.75, 3.05) is 17.2 Å². The van der Waals surface area contributed by atoms with E-state index in [1.807, 2.05) is 0 Å². The topological polar surface area (TPSA) is 127 Å². The molecule has 2 aromatic carbocycles. The number of non-ortho nitro benzene ring substituents is 2. The molecular formula is C15H14N4O5. The highest BCUT2D eigenvalue weighted by molar-refractivity contribution is 5.94. The minimum atomic E-state index is -0.545.